The standard InChI is InChI=1S/C13H27N3O/c1-12(2,10-16(4)5)8-15-11(17)13(3)6-7-14-9-13/h14H,6-10H2,1-5H3,(H,15,17). The largest absolute Gasteiger partial charge is 0.355 e. The first-order valence-electron chi connectivity index (χ1n) is 6.39. The third-order valence-electron chi connectivity index (χ3n) is 3.39. The first kappa shape index (κ1) is 14.5. The van der Waals surface area contributed by atoms with E-state index in [4.69, 9.17) is 0 Å². The van der Waals surface area contributed by atoms with Gasteiger partial charge in [0.2, 0.25) is 5.91 Å². The second-order valence-corrected chi connectivity index (χ2v) is 6.57. The van der Waals surface area contributed by atoms with Crippen molar-refractivity contribution in [3.63, 3.8) is 0 Å². The van der Waals surface area contributed by atoms with Crippen molar-refractivity contribution in [2.45, 2.75) is 27.2 Å². The van der Waals surface area contributed by atoms with Gasteiger partial charge in [0.05, 0.1) is 5.41 Å². The molecule has 4 heteroatoms. The van der Waals surface area contributed by atoms with Gasteiger partial charge in [0.15, 0.2) is 0 Å². The first-order chi connectivity index (χ1) is 7.75. The summed E-state index contributed by atoms with van der Waals surface area (Å²) in [6.07, 6.45) is 0.937. The molecule has 1 fully saturated rings. The Morgan fingerprint density at radius 1 is 1.47 bits per heavy atom. The molecule has 0 saturated carbocycles. The van der Waals surface area contributed by atoms with Crippen LogP contribution in [0.3, 0.4) is 0 Å². The molecule has 0 aromatic rings. The van der Waals surface area contributed by atoms with Crippen molar-refractivity contribution in [3.8, 4) is 0 Å². The predicted molar refractivity (Wildman–Crippen MR) is 70.9 cm³/mol. The molecule has 1 aliphatic heterocycles. The smallest absolute Gasteiger partial charge is 0.227 e. The highest BCUT2D eigenvalue weighted by atomic mass is 16.2. The van der Waals surface area contributed by atoms with E-state index in [-0.39, 0.29) is 16.7 Å². The van der Waals surface area contributed by atoms with Crippen molar-refractivity contribution in [3.05, 3.63) is 0 Å². The Morgan fingerprint density at radius 3 is 2.59 bits per heavy atom. The maximum absolute atomic E-state index is 12.1. The van der Waals surface area contributed by atoms with Crippen LogP contribution in [0, 0.1) is 10.8 Å². The molecule has 1 unspecified atom stereocenters. The van der Waals surface area contributed by atoms with E-state index in [0.29, 0.717) is 0 Å². The predicted octanol–water partition coefficient (Wildman–Crippen LogP) is 0.690. The number of hydrogen-bond acceptors (Lipinski definition) is 3. The molecule has 1 aliphatic rings. The van der Waals surface area contributed by atoms with Crippen molar-refractivity contribution in [1.82, 2.24) is 15.5 Å². The van der Waals surface area contributed by atoms with Gasteiger partial charge in [0.25, 0.3) is 0 Å². The lowest BCUT2D eigenvalue weighted by molar-refractivity contribution is -0.129. The summed E-state index contributed by atoms with van der Waals surface area (Å²) in [4.78, 5) is 14.3. The fraction of sp³-hybridized carbons (Fsp3) is 0.923. The Hall–Kier alpha value is -0.610. The van der Waals surface area contributed by atoms with Gasteiger partial charge in [0.1, 0.15) is 0 Å². The number of amides is 1. The van der Waals surface area contributed by atoms with E-state index in [2.05, 4.69) is 43.5 Å². The summed E-state index contributed by atoms with van der Waals surface area (Å²) in [5, 5.41) is 6.36. The summed E-state index contributed by atoms with van der Waals surface area (Å²) >= 11 is 0. The quantitative estimate of drug-likeness (QED) is 0.744. The minimum Gasteiger partial charge on any atom is -0.355 e. The van der Waals surface area contributed by atoms with Crippen LogP contribution in [0.4, 0.5) is 0 Å². The lowest BCUT2D eigenvalue weighted by Gasteiger charge is -2.30. The first-order valence-corrected chi connectivity index (χ1v) is 6.39. The lowest BCUT2D eigenvalue weighted by atomic mass is 9.87. The monoisotopic (exact) mass is 241 g/mol. The van der Waals surface area contributed by atoms with E-state index in [9.17, 15) is 4.79 Å². The number of hydrogen-bond donors (Lipinski definition) is 2. The fourth-order valence-electron chi connectivity index (χ4n) is 2.46. The summed E-state index contributed by atoms with van der Waals surface area (Å²) in [5.74, 6) is 0.189. The highest BCUT2D eigenvalue weighted by Gasteiger charge is 2.36. The molecule has 1 atom stereocenters. The highest BCUT2D eigenvalue weighted by molar-refractivity contribution is 5.82. The zero-order valence-electron chi connectivity index (χ0n) is 11.9. The number of nitrogens with zero attached hydrogens (tertiary/aromatic N) is 1. The van der Waals surface area contributed by atoms with Crippen LogP contribution in [0.1, 0.15) is 27.2 Å². The van der Waals surface area contributed by atoms with E-state index in [1.165, 1.54) is 0 Å². The molecule has 0 spiro atoms. The molecular formula is C13H27N3O. The zero-order valence-corrected chi connectivity index (χ0v) is 11.9. The average molecular weight is 241 g/mol. The third kappa shape index (κ3) is 4.28. The number of carbonyl (C=O) groups excluding carboxylic acids is 1. The highest BCUT2D eigenvalue weighted by Crippen LogP contribution is 2.25. The summed E-state index contributed by atoms with van der Waals surface area (Å²) in [6, 6.07) is 0. The Balaban J connectivity index is 2.42. The van der Waals surface area contributed by atoms with Crippen LogP contribution < -0.4 is 10.6 Å². The molecule has 100 valence electrons. The van der Waals surface area contributed by atoms with Crippen LogP contribution in [0.2, 0.25) is 0 Å². The molecule has 2 N–H and O–H groups in total. The Kier molecular flexibility index (Phi) is 4.55. The molecule has 1 saturated heterocycles. The van der Waals surface area contributed by atoms with Gasteiger partial charge in [-0.25, -0.2) is 0 Å². The van der Waals surface area contributed by atoms with Crippen molar-refractivity contribution < 1.29 is 4.79 Å². The van der Waals surface area contributed by atoms with E-state index in [0.717, 1.165) is 32.6 Å². The summed E-state index contributed by atoms with van der Waals surface area (Å²) < 4.78 is 0. The van der Waals surface area contributed by atoms with Crippen LogP contribution in [-0.2, 0) is 4.79 Å². The second-order valence-electron chi connectivity index (χ2n) is 6.57. The molecule has 0 aromatic heterocycles. The summed E-state index contributed by atoms with van der Waals surface area (Å²) in [6.45, 7) is 9.87. The molecule has 1 amide bonds. The van der Waals surface area contributed by atoms with E-state index >= 15 is 0 Å². The van der Waals surface area contributed by atoms with Crippen molar-refractivity contribution in [2.24, 2.45) is 10.8 Å². The maximum Gasteiger partial charge on any atom is 0.227 e. The summed E-state index contributed by atoms with van der Waals surface area (Å²) in [7, 11) is 4.12. The van der Waals surface area contributed by atoms with Gasteiger partial charge in [-0.2, -0.15) is 0 Å². The lowest BCUT2D eigenvalue weighted by Crippen LogP contribution is -2.46. The van der Waals surface area contributed by atoms with Gasteiger partial charge in [0, 0.05) is 19.6 Å². The number of carbonyl (C=O) groups is 1. The minimum atomic E-state index is -0.214. The van der Waals surface area contributed by atoms with Crippen molar-refractivity contribution in [1.29, 1.82) is 0 Å². The molecule has 0 aromatic carbocycles. The van der Waals surface area contributed by atoms with Crippen LogP contribution in [0.15, 0.2) is 0 Å². The van der Waals surface area contributed by atoms with Gasteiger partial charge < -0.3 is 15.5 Å². The number of rotatable bonds is 5. The molecule has 1 heterocycles. The van der Waals surface area contributed by atoms with Crippen molar-refractivity contribution >= 4 is 5.91 Å². The van der Waals surface area contributed by atoms with E-state index < -0.39 is 0 Å². The molecule has 1 rings (SSSR count). The molecule has 0 radical (unpaired) electrons. The van der Waals surface area contributed by atoms with Gasteiger partial charge in [-0.1, -0.05) is 13.8 Å². The average Bonchev–Trinajstić information content (AvgIpc) is 2.61. The van der Waals surface area contributed by atoms with Gasteiger partial charge in [-0.3, -0.25) is 4.79 Å². The molecular weight excluding hydrogens is 214 g/mol. The van der Waals surface area contributed by atoms with Crippen LogP contribution in [0.5, 0.6) is 0 Å². The molecule has 0 bridgehead atoms. The van der Waals surface area contributed by atoms with Crippen LogP contribution in [-0.4, -0.2) is 51.1 Å². The van der Waals surface area contributed by atoms with Gasteiger partial charge in [-0.15, -0.1) is 0 Å². The zero-order chi connectivity index (χ0) is 13.1. The van der Waals surface area contributed by atoms with E-state index in [1.807, 2.05) is 6.92 Å². The Bertz CT molecular complexity index is 268. The Morgan fingerprint density at radius 2 is 2.12 bits per heavy atom. The fourth-order valence-corrected chi connectivity index (χ4v) is 2.46. The summed E-state index contributed by atoms with van der Waals surface area (Å²) in [5.41, 5.74) is -0.101. The van der Waals surface area contributed by atoms with Crippen LogP contribution in [0.25, 0.3) is 0 Å². The van der Waals surface area contributed by atoms with Crippen LogP contribution >= 0.6 is 0 Å². The van der Waals surface area contributed by atoms with Crippen molar-refractivity contribution in [2.75, 3.05) is 40.3 Å². The molecule has 4 nitrogen and oxygen atoms in total. The molecule has 0 aliphatic carbocycles. The van der Waals surface area contributed by atoms with Gasteiger partial charge >= 0.3 is 0 Å². The van der Waals surface area contributed by atoms with E-state index in [1.54, 1.807) is 0 Å². The Labute approximate surface area is 105 Å². The second kappa shape index (κ2) is 5.36. The third-order valence-corrected chi connectivity index (χ3v) is 3.39. The normalized spacial score (nSPS) is 25.3. The molecule has 17 heavy (non-hydrogen) atoms. The minimum absolute atomic E-state index is 0.113. The number of nitrogens with one attached hydrogen (secondary N) is 2. The maximum atomic E-state index is 12.1. The SMILES string of the molecule is CN(C)CC(C)(C)CNC(=O)C1(C)CCNC1. The van der Waals surface area contributed by atoms with Gasteiger partial charge in [-0.05, 0) is 39.4 Å². The topological polar surface area (TPSA) is 44.4 Å².